The van der Waals surface area contributed by atoms with Crippen LogP contribution < -0.4 is 0 Å². The second kappa shape index (κ2) is 7.38. The third kappa shape index (κ3) is 3.93. The van der Waals surface area contributed by atoms with E-state index in [1.165, 1.54) is 4.31 Å². The molecule has 0 aromatic rings. The number of sulfonamides is 1. The van der Waals surface area contributed by atoms with E-state index < -0.39 is 10.0 Å². The lowest BCUT2D eigenvalue weighted by Gasteiger charge is -2.37. The van der Waals surface area contributed by atoms with Gasteiger partial charge in [-0.05, 0) is 26.9 Å². The molecule has 0 bridgehead atoms. The second-order valence-electron chi connectivity index (χ2n) is 5.12. The third-order valence-corrected chi connectivity index (χ3v) is 5.89. The van der Waals surface area contributed by atoms with E-state index in [9.17, 15) is 13.2 Å². The lowest BCUT2D eigenvalue weighted by molar-refractivity contribution is -0.137. The fourth-order valence-corrected chi connectivity index (χ4v) is 3.56. The van der Waals surface area contributed by atoms with Crippen molar-refractivity contribution in [2.75, 3.05) is 45.5 Å². The van der Waals surface area contributed by atoms with Gasteiger partial charge in [-0.3, -0.25) is 9.69 Å². The summed E-state index contributed by atoms with van der Waals surface area (Å²) in [6.07, 6.45) is 0.774. The van der Waals surface area contributed by atoms with Crippen LogP contribution in [-0.2, 0) is 14.8 Å². The smallest absolute Gasteiger partial charge is 0.239 e. The molecule has 1 aliphatic rings. The first-order valence-corrected chi connectivity index (χ1v) is 8.95. The molecular formula is C13H27N3O3S. The Morgan fingerprint density at radius 2 is 1.70 bits per heavy atom. The zero-order chi connectivity index (χ0) is 15.3. The van der Waals surface area contributed by atoms with Gasteiger partial charge in [-0.15, -0.1) is 0 Å². The summed E-state index contributed by atoms with van der Waals surface area (Å²) in [4.78, 5) is 16.3. The summed E-state index contributed by atoms with van der Waals surface area (Å²) in [5.41, 5.74) is 0. The van der Waals surface area contributed by atoms with Crippen molar-refractivity contribution < 1.29 is 13.2 Å². The van der Waals surface area contributed by atoms with Gasteiger partial charge in [-0.2, -0.15) is 4.31 Å². The Hall–Kier alpha value is -0.660. The molecule has 1 saturated heterocycles. The van der Waals surface area contributed by atoms with Gasteiger partial charge in [0.25, 0.3) is 0 Å². The fraction of sp³-hybridized carbons (Fsp3) is 0.923. The van der Waals surface area contributed by atoms with Gasteiger partial charge in [0.2, 0.25) is 15.9 Å². The van der Waals surface area contributed by atoms with Crippen LogP contribution in [0.3, 0.4) is 0 Å². The Morgan fingerprint density at radius 1 is 1.15 bits per heavy atom. The molecule has 0 saturated carbocycles. The van der Waals surface area contributed by atoms with E-state index in [2.05, 4.69) is 0 Å². The lowest BCUT2D eigenvalue weighted by atomic mass is 10.1. The van der Waals surface area contributed by atoms with Crippen LogP contribution in [0.1, 0.15) is 27.2 Å². The van der Waals surface area contributed by atoms with E-state index in [0.717, 1.165) is 13.0 Å². The number of hydrogen-bond donors (Lipinski definition) is 0. The maximum atomic E-state index is 12.5. The normalized spacial score (nSPS) is 19.4. The summed E-state index contributed by atoms with van der Waals surface area (Å²) in [5.74, 6) is 0.238. The summed E-state index contributed by atoms with van der Waals surface area (Å²) in [5, 5.41) is 0. The van der Waals surface area contributed by atoms with Gasteiger partial charge in [0.05, 0.1) is 11.8 Å². The van der Waals surface area contributed by atoms with Crippen molar-refractivity contribution in [2.24, 2.45) is 0 Å². The number of carbonyl (C=O) groups is 1. The summed E-state index contributed by atoms with van der Waals surface area (Å²) < 4.78 is 25.1. The van der Waals surface area contributed by atoms with Crippen molar-refractivity contribution in [3.05, 3.63) is 0 Å². The Kier molecular flexibility index (Phi) is 6.42. The van der Waals surface area contributed by atoms with Crippen molar-refractivity contribution in [1.29, 1.82) is 0 Å². The Labute approximate surface area is 122 Å². The third-order valence-electron chi connectivity index (χ3n) is 4.01. The van der Waals surface area contributed by atoms with Crippen LogP contribution in [0.2, 0.25) is 0 Å². The number of carbonyl (C=O) groups excluding carboxylic acids is 1. The number of rotatable bonds is 6. The van der Waals surface area contributed by atoms with Crippen molar-refractivity contribution in [1.82, 2.24) is 14.1 Å². The zero-order valence-corrected chi connectivity index (χ0v) is 13.8. The number of nitrogens with zero attached hydrogens (tertiary/aromatic N) is 3. The zero-order valence-electron chi connectivity index (χ0n) is 13.0. The van der Waals surface area contributed by atoms with E-state index in [-0.39, 0.29) is 17.7 Å². The predicted octanol–water partition coefficient (Wildman–Crippen LogP) is 0.211. The highest BCUT2D eigenvalue weighted by Gasteiger charge is 2.31. The van der Waals surface area contributed by atoms with E-state index in [4.69, 9.17) is 0 Å². The van der Waals surface area contributed by atoms with E-state index in [0.29, 0.717) is 26.2 Å². The number of hydrogen-bond acceptors (Lipinski definition) is 4. The van der Waals surface area contributed by atoms with Crippen LogP contribution in [0.15, 0.2) is 0 Å². The average Bonchev–Trinajstić information content (AvgIpc) is 2.47. The summed E-state index contributed by atoms with van der Waals surface area (Å²) in [7, 11) is -1.18. The molecule has 1 amide bonds. The molecule has 1 aliphatic heterocycles. The Morgan fingerprint density at radius 3 is 2.10 bits per heavy atom. The molecule has 1 fully saturated rings. The first kappa shape index (κ1) is 17.4. The van der Waals surface area contributed by atoms with E-state index in [1.807, 2.05) is 25.8 Å². The second-order valence-corrected chi connectivity index (χ2v) is 7.38. The molecule has 0 spiro atoms. The molecule has 1 atom stereocenters. The molecule has 20 heavy (non-hydrogen) atoms. The Bertz CT molecular complexity index is 417. The maximum absolute atomic E-state index is 12.5. The topological polar surface area (TPSA) is 60.9 Å². The fourth-order valence-electron chi connectivity index (χ4n) is 2.48. The predicted molar refractivity (Wildman–Crippen MR) is 80.0 cm³/mol. The molecule has 0 aromatic carbocycles. The van der Waals surface area contributed by atoms with Gasteiger partial charge in [0.15, 0.2) is 0 Å². The van der Waals surface area contributed by atoms with Crippen LogP contribution in [0.4, 0.5) is 0 Å². The first-order valence-electron chi connectivity index (χ1n) is 7.34. The molecule has 6 nitrogen and oxygen atoms in total. The minimum atomic E-state index is -3.13. The summed E-state index contributed by atoms with van der Waals surface area (Å²) >= 11 is 0. The highest BCUT2D eigenvalue weighted by molar-refractivity contribution is 7.89. The SMILES string of the molecule is CCC(C(=O)N1CCN(S(=O)(=O)CC)CC1)N(C)CC. The lowest BCUT2D eigenvalue weighted by Crippen LogP contribution is -2.55. The van der Waals surface area contributed by atoms with Crippen LogP contribution >= 0.6 is 0 Å². The van der Waals surface area contributed by atoms with Crippen molar-refractivity contribution >= 4 is 15.9 Å². The summed E-state index contributed by atoms with van der Waals surface area (Å²) in [6.45, 7) is 8.32. The number of likely N-dealkylation sites (N-methyl/N-ethyl adjacent to an activating group) is 1. The highest BCUT2D eigenvalue weighted by atomic mass is 32.2. The molecular weight excluding hydrogens is 278 g/mol. The molecule has 1 heterocycles. The monoisotopic (exact) mass is 305 g/mol. The van der Waals surface area contributed by atoms with Gasteiger partial charge in [0, 0.05) is 26.2 Å². The molecule has 0 aliphatic carbocycles. The van der Waals surface area contributed by atoms with Crippen LogP contribution in [0.25, 0.3) is 0 Å². The molecule has 1 unspecified atom stereocenters. The van der Waals surface area contributed by atoms with Gasteiger partial charge < -0.3 is 4.90 Å². The van der Waals surface area contributed by atoms with Crippen molar-refractivity contribution in [3.8, 4) is 0 Å². The maximum Gasteiger partial charge on any atom is 0.239 e. The van der Waals surface area contributed by atoms with Crippen molar-refractivity contribution in [2.45, 2.75) is 33.2 Å². The number of amides is 1. The standard InChI is InChI=1S/C13H27N3O3S/c1-5-12(14(4)6-2)13(17)15-8-10-16(11-9-15)20(18,19)7-3/h12H,5-11H2,1-4H3. The van der Waals surface area contributed by atoms with Crippen LogP contribution in [-0.4, -0.2) is 80.0 Å². The molecule has 7 heteroatoms. The Balaban J connectivity index is 2.63. The van der Waals surface area contributed by atoms with Gasteiger partial charge in [-0.25, -0.2) is 8.42 Å². The molecule has 0 N–H and O–H groups in total. The van der Waals surface area contributed by atoms with E-state index >= 15 is 0 Å². The minimum Gasteiger partial charge on any atom is -0.339 e. The highest BCUT2D eigenvalue weighted by Crippen LogP contribution is 2.12. The molecule has 0 radical (unpaired) electrons. The molecule has 1 rings (SSSR count). The van der Waals surface area contributed by atoms with Crippen molar-refractivity contribution in [3.63, 3.8) is 0 Å². The summed E-state index contributed by atoms with van der Waals surface area (Å²) in [6, 6.07) is -0.102. The molecule has 0 aromatic heterocycles. The quantitative estimate of drug-likeness (QED) is 0.704. The van der Waals surface area contributed by atoms with Crippen LogP contribution in [0, 0.1) is 0 Å². The minimum absolute atomic E-state index is 0.102. The molecule has 118 valence electrons. The van der Waals surface area contributed by atoms with Gasteiger partial charge >= 0.3 is 0 Å². The largest absolute Gasteiger partial charge is 0.339 e. The van der Waals surface area contributed by atoms with Gasteiger partial charge in [0.1, 0.15) is 0 Å². The van der Waals surface area contributed by atoms with E-state index in [1.54, 1.807) is 11.8 Å². The van der Waals surface area contributed by atoms with Crippen LogP contribution in [0.5, 0.6) is 0 Å². The average molecular weight is 305 g/mol. The first-order chi connectivity index (χ1) is 9.37. The van der Waals surface area contributed by atoms with Gasteiger partial charge in [-0.1, -0.05) is 13.8 Å². The number of piperazine rings is 1.